The summed E-state index contributed by atoms with van der Waals surface area (Å²) in [6.45, 7) is 6.42. The van der Waals surface area contributed by atoms with Crippen molar-refractivity contribution in [2.75, 3.05) is 6.26 Å². The third-order valence-electron chi connectivity index (χ3n) is 4.49. The minimum atomic E-state index is -3.25. The van der Waals surface area contributed by atoms with Crippen LogP contribution in [-0.4, -0.2) is 14.7 Å². The Morgan fingerprint density at radius 3 is 2.33 bits per heavy atom. The van der Waals surface area contributed by atoms with E-state index in [1.165, 1.54) is 23.8 Å². The summed E-state index contributed by atoms with van der Waals surface area (Å²) in [6, 6.07) is 11.6. The second kappa shape index (κ2) is 7.19. The quantitative estimate of drug-likeness (QED) is 0.614. The SMILES string of the molecule is Cc1cc2oc(=O)cc(COc3ccc(S(C)(=O)=O)cc3)c2cc1C(C)C. The zero-order valence-electron chi connectivity index (χ0n) is 15.8. The van der Waals surface area contributed by atoms with Gasteiger partial charge in [-0.3, -0.25) is 0 Å². The number of aryl methyl sites for hydroxylation is 1. The van der Waals surface area contributed by atoms with Crippen LogP contribution in [0.4, 0.5) is 0 Å². The molecule has 0 aliphatic rings. The number of hydrogen-bond donors (Lipinski definition) is 0. The molecule has 0 aliphatic heterocycles. The van der Waals surface area contributed by atoms with E-state index in [-0.39, 0.29) is 11.5 Å². The molecule has 0 fully saturated rings. The van der Waals surface area contributed by atoms with Crippen LogP contribution in [0.25, 0.3) is 11.0 Å². The van der Waals surface area contributed by atoms with Crippen molar-refractivity contribution >= 4 is 20.8 Å². The topological polar surface area (TPSA) is 73.6 Å². The fraction of sp³-hybridized carbons (Fsp3) is 0.286. The second-order valence-corrected chi connectivity index (χ2v) is 9.00. The lowest BCUT2D eigenvalue weighted by atomic mass is 9.95. The highest BCUT2D eigenvalue weighted by Gasteiger charge is 2.12. The van der Waals surface area contributed by atoms with E-state index in [0.29, 0.717) is 17.3 Å². The molecule has 0 atom stereocenters. The van der Waals surface area contributed by atoms with E-state index < -0.39 is 15.5 Å². The first-order valence-corrected chi connectivity index (χ1v) is 10.5. The van der Waals surface area contributed by atoms with Gasteiger partial charge in [-0.25, -0.2) is 13.2 Å². The molecule has 0 saturated heterocycles. The molecule has 6 heteroatoms. The van der Waals surface area contributed by atoms with E-state index >= 15 is 0 Å². The number of ether oxygens (including phenoxy) is 1. The summed E-state index contributed by atoms with van der Waals surface area (Å²) in [5, 5.41) is 0.844. The van der Waals surface area contributed by atoms with Crippen molar-refractivity contribution in [2.24, 2.45) is 0 Å². The van der Waals surface area contributed by atoms with Gasteiger partial charge in [0.2, 0.25) is 0 Å². The standard InChI is InChI=1S/C21H22O5S/c1-13(2)18-11-19-15(10-21(22)26-20(19)9-14(18)3)12-25-16-5-7-17(8-6-16)27(4,23)24/h5-11,13H,12H2,1-4H3. The van der Waals surface area contributed by atoms with Crippen molar-refractivity contribution in [3.63, 3.8) is 0 Å². The van der Waals surface area contributed by atoms with Gasteiger partial charge in [0.25, 0.3) is 0 Å². The molecule has 1 heterocycles. The molecule has 1 aromatic heterocycles. The van der Waals surface area contributed by atoms with Gasteiger partial charge in [0, 0.05) is 23.3 Å². The van der Waals surface area contributed by atoms with Crippen LogP contribution >= 0.6 is 0 Å². The highest BCUT2D eigenvalue weighted by atomic mass is 32.2. The molecule has 0 bridgehead atoms. The zero-order chi connectivity index (χ0) is 19.8. The summed E-state index contributed by atoms with van der Waals surface area (Å²) < 4.78 is 34.2. The predicted octanol–water partition coefficient (Wildman–Crippen LogP) is 4.21. The Hall–Kier alpha value is -2.60. The number of benzene rings is 2. The molecule has 0 saturated carbocycles. The van der Waals surface area contributed by atoms with Crippen LogP contribution in [-0.2, 0) is 16.4 Å². The summed E-state index contributed by atoms with van der Waals surface area (Å²) in [4.78, 5) is 12.1. The normalized spacial score (nSPS) is 11.9. The van der Waals surface area contributed by atoms with Gasteiger partial charge in [0.1, 0.15) is 17.9 Å². The minimum Gasteiger partial charge on any atom is -0.489 e. The lowest BCUT2D eigenvalue weighted by Crippen LogP contribution is -2.05. The van der Waals surface area contributed by atoms with E-state index in [2.05, 4.69) is 13.8 Å². The van der Waals surface area contributed by atoms with Crippen molar-refractivity contribution in [3.8, 4) is 5.75 Å². The van der Waals surface area contributed by atoms with Gasteiger partial charge in [-0.1, -0.05) is 13.8 Å². The van der Waals surface area contributed by atoms with Crippen LogP contribution in [0.1, 0.15) is 36.5 Å². The van der Waals surface area contributed by atoms with Crippen molar-refractivity contribution in [3.05, 3.63) is 69.6 Å². The summed E-state index contributed by atoms with van der Waals surface area (Å²) in [5.74, 6) is 0.874. The Balaban J connectivity index is 1.94. The molecule has 0 N–H and O–H groups in total. The summed E-state index contributed by atoms with van der Waals surface area (Å²) in [6.07, 6.45) is 1.16. The van der Waals surface area contributed by atoms with Gasteiger partial charge >= 0.3 is 5.63 Å². The molecule has 2 aromatic carbocycles. The first-order valence-electron chi connectivity index (χ1n) is 8.65. The first kappa shape index (κ1) is 19.2. The summed E-state index contributed by atoms with van der Waals surface area (Å²) in [7, 11) is -3.25. The van der Waals surface area contributed by atoms with Gasteiger partial charge in [0.15, 0.2) is 9.84 Å². The van der Waals surface area contributed by atoms with Crippen LogP contribution in [0.2, 0.25) is 0 Å². The fourth-order valence-electron chi connectivity index (χ4n) is 3.08. The van der Waals surface area contributed by atoms with E-state index in [1.54, 1.807) is 12.1 Å². The highest BCUT2D eigenvalue weighted by Crippen LogP contribution is 2.27. The Labute approximate surface area is 158 Å². The molecule has 0 radical (unpaired) electrons. The maximum atomic E-state index is 11.9. The maximum Gasteiger partial charge on any atom is 0.336 e. The van der Waals surface area contributed by atoms with Gasteiger partial charge in [-0.05, 0) is 60.4 Å². The molecule has 27 heavy (non-hydrogen) atoms. The maximum absolute atomic E-state index is 11.9. The average molecular weight is 386 g/mol. The molecule has 0 spiro atoms. The van der Waals surface area contributed by atoms with Crippen LogP contribution in [0, 0.1) is 6.92 Å². The summed E-state index contributed by atoms with van der Waals surface area (Å²) >= 11 is 0. The largest absolute Gasteiger partial charge is 0.489 e. The van der Waals surface area contributed by atoms with E-state index in [1.807, 2.05) is 19.1 Å². The lowest BCUT2D eigenvalue weighted by molar-refractivity contribution is 0.306. The molecule has 0 unspecified atom stereocenters. The number of fused-ring (bicyclic) bond motifs is 1. The minimum absolute atomic E-state index is 0.181. The van der Waals surface area contributed by atoms with Crippen LogP contribution in [0.3, 0.4) is 0 Å². The molecule has 0 aliphatic carbocycles. The Morgan fingerprint density at radius 1 is 1.07 bits per heavy atom. The van der Waals surface area contributed by atoms with Gasteiger partial charge in [0.05, 0.1) is 4.90 Å². The van der Waals surface area contributed by atoms with Gasteiger partial charge in [-0.2, -0.15) is 0 Å². The Morgan fingerprint density at radius 2 is 1.74 bits per heavy atom. The molecular weight excluding hydrogens is 364 g/mol. The van der Waals surface area contributed by atoms with Crippen molar-refractivity contribution < 1.29 is 17.6 Å². The average Bonchev–Trinajstić information content (AvgIpc) is 2.58. The predicted molar refractivity (Wildman–Crippen MR) is 105 cm³/mol. The van der Waals surface area contributed by atoms with Crippen molar-refractivity contribution in [1.82, 2.24) is 0 Å². The van der Waals surface area contributed by atoms with Crippen molar-refractivity contribution in [2.45, 2.75) is 38.2 Å². The Kier molecular flexibility index (Phi) is 5.11. The second-order valence-electron chi connectivity index (χ2n) is 6.98. The molecule has 0 amide bonds. The monoisotopic (exact) mass is 386 g/mol. The third-order valence-corrected chi connectivity index (χ3v) is 5.61. The Bertz CT molecular complexity index is 1140. The third kappa shape index (κ3) is 4.22. The van der Waals surface area contributed by atoms with Crippen LogP contribution < -0.4 is 10.4 Å². The summed E-state index contributed by atoms with van der Waals surface area (Å²) in [5.41, 5.74) is 3.11. The van der Waals surface area contributed by atoms with Crippen LogP contribution in [0.15, 0.2) is 56.6 Å². The van der Waals surface area contributed by atoms with E-state index in [0.717, 1.165) is 22.8 Å². The number of hydrogen-bond acceptors (Lipinski definition) is 5. The van der Waals surface area contributed by atoms with Crippen molar-refractivity contribution in [1.29, 1.82) is 0 Å². The zero-order valence-corrected chi connectivity index (χ0v) is 16.6. The molecule has 142 valence electrons. The van der Waals surface area contributed by atoms with Gasteiger partial charge in [-0.15, -0.1) is 0 Å². The van der Waals surface area contributed by atoms with E-state index in [4.69, 9.17) is 9.15 Å². The van der Waals surface area contributed by atoms with Gasteiger partial charge < -0.3 is 9.15 Å². The number of sulfone groups is 1. The molecule has 5 nitrogen and oxygen atoms in total. The number of rotatable bonds is 5. The molecule has 3 rings (SSSR count). The molecular formula is C21H22O5S. The van der Waals surface area contributed by atoms with Crippen LogP contribution in [0.5, 0.6) is 5.75 Å². The highest BCUT2D eigenvalue weighted by molar-refractivity contribution is 7.90. The fourth-order valence-corrected chi connectivity index (χ4v) is 3.71. The first-order chi connectivity index (χ1) is 12.6. The lowest BCUT2D eigenvalue weighted by Gasteiger charge is -2.13. The van der Waals surface area contributed by atoms with E-state index in [9.17, 15) is 13.2 Å². The molecule has 3 aromatic rings. The smallest absolute Gasteiger partial charge is 0.336 e.